The van der Waals surface area contributed by atoms with Crippen LogP contribution in [-0.4, -0.2) is 18.1 Å². The van der Waals surface area contributed by atoms with Gasteiger partial charge in [0.1, 0.15) is 11.1 Å². The smallest absolute Gasteiger partial charge is 0.289 e. The quantitative estimate of drug-likeness (QED) is 0.425. The zero-order valence-corrected chi connectivity index (χ0v) is 13.6. The highest BCUT2D eigenvalue weighted by Crippen LogP contribution is 2.38. The summed E-state index contributed by atoms with van der Waals surface area (Å²) < 4.78 is 77.4. The maximum atomic E-state index is 12.8. The lowest BCUT2D eigenvalue weighted by molar-refractivity contribution is -0.136. The third kappa shape index (κ3) is 4.88. The molecular formula is C15H7BrF6N2O. The van der Waals surface area contributed by atoms with E-state index in [2.05, 4.69) is 26.2 Å². The van der Waals surface area contributed by atoms with Crippen molar-refractivity contribution in [2.24, 2.45) is 10.2 Å². The molecular weight excluding hydrogens is 418 g/mol. The van der Waals surface area contributed by atoms with Crippen LogP contribution in [0.5, 0.6) is 0 Å². The minimum absolute atomic E-state index is 0.304. The highest BCUT2D eigenvalue weighted by molar-refractivity contribution is 9.10. The molecule has 0 radical (unpaired) electrons. The van der Waals surface area contributed by atoms with Gasteiger partial charge in [-0.1, -0.05) is 15.9 Å². The number of azo groups is 1. The molecule has 0 fully saturated rings. The second kappa shape index (κ2) is 6.95. The van der Waals surface area contributed by atoms with Crippen LogP contribution < -0.4 is 0 Å². The molecule has 0 heterocycles. The molecule has 0 atom stereocenters. The summed E-state index contributed by atoms with van der Waals surface area (Å²) in [5.74, 6) is -2.12. The zero-order chi connectivity index (χ0) is 18.8. The van der Waals surface area contributed by atoms with E-state index in [1.807, 2.05) is 0 Å². The van der Waals surface area contributed by atoms with E-state index in [4.69, 9.17) is 0 Å². The van der Waals surface area contributed by atoms with Crippen molar-refractivity contribution in [2.45, 2.75) is 12.4 Å². The van der Waals surface area contributed by atoms with E-state index in [9.17, 15) is 31.1 Å². The van der Waals surface area contributed by atoms with E-state index in [1.54, 1.807) is 12.1 Å². The highest BCUT2D eigenvalue weighted by Gasteiger charge is 2.48. The van der Waals surface area contributed by atoms with E-state index in [-0.39, 0.29) is 0 Å². The number of hydrogen-bond acceptors (Lipinski definition) is 3. The van der Waals surface area contributed by atoms with Crippen molar-refractivity contribution in [1.29, 1.82) is 0 Å². The topological polar surface area (TPSA) is 41.8 Å². The molecule has 0 saturated heterocycles. The van der Waals surface area contributed by atoms with Crippen molar-refractivity contribution < 1.29 is 31.1 Å². The van der Waals surface area contributed by atoms with Gasteiger partial charge in [-0.25, -0.2) is 0 Å². The maximum Gasteiger partial charge on any atom is 0.420 e. The molecule has 25 heavy (non-hydrogen) atoms. The zero-order valence-electron chi connectivity index (χ0n) is 12.0. The van der Waals surface area contributed by atoms with Gasteiger partial charge in [-0.3, -0.25) is 4.79 Å². The first-order valence-electron chi connectivity index (χ1n) is 6.47. The Morgan fingerprint density at radius 1 is 0.880 bits per heavy atom. The molecule has 0 N–H and O–H groups in total. The van der Waals surface area contributed by atoms with Gasteiger partial charge in [-0.2, -0.15) is 36.6 Å². The Balaban J connectivity index is 2.39. The largest absolute Gasteiger partial charge is 0.420 e. The van der Waals surface area contributed by atoms with Gasteiger partial charge in [0.15, 0.2) is 0 Å². The third-order valence-electron chi connectivity index (χ3n) is 2.93. The number of nitrogens with zero attached hydrogens (tertiary/aromatic N) is 2. The molecule has 0 aliphatic heterocycles. The van der Waals surface area contributed by atoms with Crippen molar-refractivity contribution in [3.8, 4) is 0 Å². The summed E-state index contributed by atoms with van der Waals surface area (Å²) in [7, 11) is 0. The molecule has 0 spiro atoms. The van der Waals surface area contributed by atoms with Gasteiger partial charge in [0.2, 0.25) is 5.78 Å². The average Bonchev–Trinajstić information content (AvgIpc) is 2.48. The lowest BCUT2D eigenvalue weighted by Gasteiger charge is -2.19. The highest BCUT2D eigenvalue weighted by atomic mass is 79.9. The first-order valence-corrected chi connectivity index (χ1v) is 7.27. The van der Waals surface area contributed by atoms with Gasteiger partial charge < -0.3 is 0 Å². The van der Waals surface area contributed by atoms with E-state index in [1.165, 1.54) is 12.1 Å². The van der Waals surface area contributed by atoms with Gasteiger partial charge in [-0.15, -0.1) is 0 Å². The van der Waals surface area contributed by atoms with Gasteiger partial charge in [0.25, 0.3) is 0 Å². The number of benzene rings is 1. The van der Waals surface area contributed by atoms with Crippen molar-refractivity contribution in [3.63, 3.8) is 0 Å². The number of rotatable bonds is 2. The molecule has 132 valence electrons. The standard InChI is InChI=1S/C15H7BrF6N2O/c16-9-1-3-10(4-2-9)24-23-7-8-5-11(14(17,18)19)13(25)12(6-8)15(20,21)22/h1-7H. The molecule has 3 nitrogen and oxygen atoms in total. The van der Waals surface area contributed by atoms with Gasteiger partial charge in [0, 0.05) is 4.47 Å². The molecule has 1 aliphatic carbocycles. The second-order valence-corrected chi connectivity index (χ2v) is 5.68. The molecule has 0 aromatic heterocycles. The number of Topliss-reactive ketones (excluding diaryl/α,β-unsaturated/α-hetero) is 1. The lowest BCUT2D eigenvalue weighted by Crippen LogP contribution is -2.30. The number of ketones is 1. The summed E-state index contributed by atoms with van der Waals surface area (Å²) in [6.45, 7) is 0. The number of carbonyl (C=O) groups is 1. The molecule has 0 unspecified atom stereocenters. The fourth-order valence-corrected chi connectivity index (χ4v) is 2.08. The second-order valence-electron chi connectivity index (χ2n) is 4.76. The van der Waals surface area contributed by atoms with Crippen LogP contribution in [0.15, 0.2) is 74.0 Å². The third-order valence-corrected chi connectivity index (χ3v) is 3.46. The van der Waals surface area contributed by atoms with E-state index in [0.717, 1.165) is 4.47 Å². The van der Waals surface area contributed by atoms with Gasteiger partial charge >= 0.3 is 12.4 Å². The van der Waals surface area contributed by atoms with Crippen molar-refractivity contribution in [1.82, 2.24) is 0 Å². The summed E-state index contributed by atoms with van der Waals surface area (Å²) in [5, 5.41) is 7.12. The number of alkyl halides is 6. The minimum Gasteiger partial charge on any atom is -0.289 e. The van der Waals surface area contributed by atoms with E-state index < -0.39 is 34.9 Å². The Bertz CT molecular complexity index is 765. The molecule has 1 aliphatic rings. The Morgan fingerprint density at radius 3 is 1.80 bits per heavy atom. The normalized spacial score (nSPS) is 16.1. The SMILES string of the molecule is O=C1C(C(F)(F)F)=CC(=CN=Nc2ccc(Br)cc2)C=C1C(F)(F)F. The van der Waals surface area contributed by atoms with Crippen molar-refractivity contribution in [2.75, 3.05) is 0 Å². The summed E-state index contributed by atoms with van der Waals surface area (Å²) in [4.78, 5) is 11.4. The van der Waals surface area contributed by atoms with Gasteiger partial charge in [-0.05, 0) is 42.0 Å². The Hall–Kier alpha value is -2.23. The van der Waals surface area contributed by atoms with Crippen molar-refractivity contribution in [3.05, 3.63) is 63.8 Å². The van der Waals surface area contributed by atoms with E-state index >= 15 is 0 Å². The Kier molecular flexibility index (Phi) is 5.31. The Morgan fingerprint density at radius 2 is 1.36 bits per heavy atom. The summed E-state index contributed by atoms with van der Waals surface area (Å²) in [6, 6.07) is 6.32. The molecule has 10 heteroatoms. The molecule has 2 rings (SSSR count). The van der Waals surface area contributed by atoms with Crippen LogP contribution in [0.1, 0.15) is 0 Å². The Labute approximate surface area is 145 Å². The average molecular weight is 425 g/mol. The molecule has 0 amide bonds. The number of allylic oxidation sites excluding steroid dienone is 5. The molecule has 1 aromatic carbocycles. The van der Waals surface area contributed by atoms with Crippen LogP contribution in [0.2, 0.25) is 0 Å². The molecule has 0 bridgehead atoms. The predicted octanol–water partition coefficient (Wildman–Crippen LogP) is 5.98. The summed E-state index contributed by atoms with van der Waals surface area (Å²) in [6.07, 6.45) is -9.12. The number of halogens is 7. The summed E-state index contributed by atoms with van der Waals surface area (Å²) in [5.41, 5.74) is -4.02. The number of hydrogen-bond donors (Lipinski definition) is 0. The fourth-order valence-electron chi connectivity index (χ4n) is 1.82. The number of carbonyl (C=O) groups excluding carboxylic acids is 1. The molecule has 1 aromatic rings. The van der Waals surface area contributed by atoms with E-state index in [0.29, 0.717) is 24.0 Å². The van der Waals surface area contributed by atoms with Crippen LogP contribution in [-0.2, 0) is 4.79 Å². The van der Waals surface area contributed by atoms with Crippen molar-refractivity contribution >= 4 is 27.4 Å². The van der Waals surface area contributed by atoms with Crippen LogP contribution in [0.3, 0.4) is 0 Å². The predicted molar refractivity (Wildman–Crippen MR) is 80.0 cm³/mol. The fraction of sp³-hybridized carbons (Fsp3) is 0.133. The molecule has 0 saturated carbocycles. The van der Waals surface area contributed by atoms with Crippen LogP contribution >= 0.6 is 15.9 Å². The lowest BCUT2D eigenvalue weighted by atomic mass is 9.93. The summed E-state index contributed by atoms with van der Waals surface area (Å²) >= 11 is 3.19. The van der Waals surface area contributed by atoms with Crippen LogP contribution in [0.4, 0.5) is 32.0 Å². The van der Waals surface area contributed by atoms with Crippen LogP contribution in [0.25, 0.3) is 0 Å². The maximum absolute atomic E-state index is 12.8. The van der Waals surface area contributed by atoms with Gasteiger partial charge in [0.05, 0.1) is 11.9 Å². The monoisotopic (exact) mass is 424 g/mol. The van der Waals surface area contributed by atoms with Crippen LogP contribution in [0, 0.1) is 0 Å². The first-order chi connectivity index (χ1) is 11.5. The first kappa shape index (κ1) is 19.1. The minimum atomic E-state index is -5.22.